The van der Waals surface area contributed by atoms with Crippen LogP contribution in [-0.2, 0) is 21.3 Å². The lowest BCUT2D eigenvalue weighted by Crippen LogP contribution is -2.12. The van der Waals surface area contributed by atoms with Crippen molar-refractivity contribution in [1.29, 1.82) is 0 Å². The third kappa shape index (κ3) is 5.49. The number of anilines is 1. The summed E-state index contributed by atoms with van der Waals surface area (Å²) in [6, 6.07) is 20.9. The normalized spacial score (nSPS) is 11.1. The first-order valence-electron chi connectivity index (χ1n) is 8.31. The zero-order chi connectivity index (χ0) is 19.3. The smallest absolute Gasteiger partial charge is 0.255 e. The minimum Gasteiger partial charge on any atom is -0.322 e. The van der Waals surface area contributed by atoms with Gasteiger partial charge in [0.25, 0.3) is 5.91 Å². The maximum Gasteiger partial charge on any atom is 0.255 e. The Hall–Kier alpha value is -2.99. The van der Waals surface area contributed by atoms with Gasteiger partial charge in [-0.1, -0.05) is 42.5 Å². The summed E-state index contributed by atoms with van der Waals surface area (Å²) in [6.07, 6.45) is 0. The molecule has 0 saturated heterocycles. The van der Waals surface area contributed by atoms with E-state index in [1.807, 2.05) is 6.07 Å². The Morgan fingerprint density at radius 2 is 1.33 bits per heavy atom. The third-order valence-corrected chi connectivity index (χ3v) is 5.48. The molecule has 4 nitrogen and oxygen atoms in total. The van der Waals surface area contributed by atoms with Gasteiger partial charge in [-0.15, -0.1) is 0 Å². The van der Waals surface area contributed by atoms with Crippen molar-refractivity contribution in [2.45, 2.75) is 11.5 Å². The van der Waals surface area contributed by atoms with Crippen LogP contribution >= 0.6 is 0 Å². The summed E-state index contributed by atoms with van der Waals surface area (Å²) in [5.74, 6) is -0.850. The van der Waals surface area contributed by atoms with Crippen molar-refractivity contribution in [2.24, 2.45) is 0 Å². The van der Waals surface area contributed by atoms with Crippen molar-refractivity contribution >= 4 is 21.4 Å². The summed E-state index contributed by atoms with van der Waals surface area (Å²) in [4.78, 5) is 12.2. The number of benzene rings is 3. The number of sulfone groups is 1. The van der Waals surface area contributed by atoms with Gasteiger partial charge in [-0.25, -0.2) is 12.8 Å². The van der Waals surface area contributed by atoms with E-state index in [4.69, 9.17) is 0 Å². The van der Waals surface area contributed by atoms with Crippen LogP contribution < -0.4 is 5.32 Å². The van der Waals surface area contributed by atoms with Gasteiger partial charge in [-0.2, -0.15) is 0 Å². The Bertz CT molecular complexity index is 1020. The van der Waals surface area contributed by atoms with Crippen LogP contribution in [0.2, 0.25) is 0 Å². The number of nitrogens with one attached hydrogen (secondary N) is 1. The Labute approximate surface area is 157 Å². The first-order valence-corrected chi connectivity index (χ1v) is 10.1. The Balaban J connectivity index is 1.64. The molecule has 1 amide bonds. The largest absolute Gasteiger partial charge is 0.322 e. The monoisotopic (exact) mass is 383 g/mol. The highest BCUT2D eigenvalue weighted by molar-refractivity contribution is 7.89. The molecular formula is C21H18FNO3S. The second kappa shape index (κ2) is 8.14. The average molecular weight is 383 g/mol. The molecule has 0 spiro atoms. The van der Waals surface area contributed by atoms with Gasteiger partial charge in [0.2, 0.25) is 0 Å². The zero-order valence-corrected chi connectivity index (χ0v) is 15.2. The quantitative estimate of drug-likeness (QED) is 0.694. The standard InChI is InChI=1S/C21H18FNO3S/c22-19-10-12-20(13-11-19)23-21(24)18-8-6-17(7-9-18)15-27(25,26)14-16-4-2-1-3-5-16/h1-13H,14-15H2,(H,23,24). The summed E-state index contributed by atoms with van der Waals surface area (Å²) in [5, 5.41) is 2.66. The first kappa shape index (κ1) is 18.8. The van der Waals surface area contributed by atoms with Crippen molar-refractivity contribution in [2.75, 3.05) is 5.32 Å². The van der Waals surface area contributed by atoms with Gasteiger partial charge in [0.1, 0.15) is 5.82 Å². The Kier molecular flexibility index (Phi) is 5.66. The topological polar surface area (TPSA) is 63.2 Å². The molecule has 138 valence electrons. The number of halogens is 1. The van der Waals surface area contributed by atoms with Crippen molar-refractivity contribution in [1.82, 2.24) is 0 Å². The molecule has 27 heavy (non-hydrogen) atoms. The highest BCUT2D eigenvalue weighted by atomic mass is 32.2. The predicted molar refractivity (Wildman–Crippen MR) is 104 cm³/mol. The maximum atomic E-state index is 12.9. The highest BCUT2D eigenvalue weighted by Gasteiger charge is 2.14. The molecule has 0 aliphatic heterocycles. The molecule has 0 unspecified atom stereocenters. The van der Waals surface area contributed by atoms with Crippen LogP contribution in [0.5, 0.6) is 0 Å². The van der Waals surface area contributed by atoms with Crippen LogP contribution in [0, 0.1) is 5.82 Å². The predicted octanol–water partition coefficient (Wildman–Crippen LogP) is 4.19. The summed E-state index contributed by atoms with van der Waals surface area (Å²) in [5.41, 5.74) is 2.23. The van der Waals surface area contributed by atoms with Gasteiger partial charge in [0.15, 0.2) is 9.84 Å². The molecule has 1 N–H and O–H groups in total. The summed E-state index contributed by atoms with van der Waals surface area (Å²) >= 11 is 0. The highest BCUT2D eigenvalue weighted by Crippen LogP contribution is 2.15. The molecule has 6 heteroatoms. The lowest BCUT2D eigenvalue weighted by Gasteiger charge is -2.07. The molecule has 3 rings (SSSR count). The van der Waals surface area contributed by atoms with Crippen LogP contribution in [0.3, 0.4) is 0 Å². The minimum atomic E-state index is -3.31. The van der Waals surface area contributed by atoms with Gasteiger partial charge in [0.05, 0.1) is 11.5 Å². The van der Waals surface area contributed by atoms with E-state index >= 15 is 0 Å². The second-order valence-electron chi connectivity index (χ2n) is 6.18. The van der Waals surface area contributed by atoms with Gasteiger partial charge >= 0.3 is 0 Å². The molecule has 0 atom stereocenters. The molecule has 0 fully saturated rings. The fourth-order valence-electron chi connectivity index (χ4n) is 2.62. The molecule has 3 aromatic rings. The van der Waals surface area contributed by atoms with E-state index in [2.05, 4.69) is 5.32 Å². The van der Waals surface area contributed by atoms with Crippen LogP contribution in [0.25, 0.3) is 0 Å². The maximum absolute atomic E-state index is 12.9. The molecule has 0 heterocycles. The molecular weight excluding hydrogens is 365 g/mol. The van der Waals surface area contributed by atoms with E-state index in [0.29, 0.717) is 16.8 Å². The SMILES string of the molecule is O=C(Nc1ccc(F)cc1)c1ccc(CS(=O)(=O)Cc2ccccc2)cc1. The Morgan fingerprint density at radius 3 is 1.93 bits per heavy atom. The zero-order valence-electron chi connectivity index (χ0n) is 14.4. The number of carbonyl (C=O) groups excluding carboxylic acids is 1. The fourth-order valence-corrected chi connectivity index (χ4v) is 4.12. The van der Waals surface area contributed by atoms with Crippen molar-refractivity contribution < 1.29 is 17.6 Å². The summed E-state index contributed by atoms with van der Waals surface area (Å²) in [7, 11) is -3.31. The van der Waals surface area contributed by atoms with Gasteiger partial charge < -0.3 is 5.32 Å². The van der Waals surface area contributed by atoms with Crippen molar-refractivity contribution in [3.63, 3.8) is 0 Å². The molecule has 0 radical (unpaired) electrons. The molecule has 0 saturated carbocycles. The number of hydrogen-bond acceptors (Lipinski definition) is 3. The van der Waals surface area contributed by atoms with Gasteiger partial charge in [-0.05, 0) is 47.5 Å². The van der Waals surface area contributed by atoms with E-state index in [0.717, 1.165) is 5.56 Å². The molecule has 0 aliphatic rings. The minimum absolute atomic E-state index is 0.0271. The molecule has 0 aromatic heterocycles. The van der Waals surface area contributed by atoms with Crippen LogP contribution in [0.1, 0.15) is 21.5 Å². The van der Waals surface area contributed by atoms with Crippen LogP contribution in [0.15, 0.2) is 78.9 Å². The lowest BCUT2D eigenvalue weighted by molar-refractivity contribution is 0.102. The summed E-state index contributed by atoms with van der Waals surface area (Å²) in [6.45, 7) is 0. The lowest BCUT2D eigenvalue weighted by atomic mass is 10.1. The van der Waals surface area contributed by atoms with Crippen LogP contribution in [0.4, 0.5) is 10.1 Å². The second-order valence-corrected chi connectivity index (χ2v) is 8.24. The van der Waals surface area contributed by atoms with Gasteiger partial charge in [-0.3, -0.25) is 4.79 Å². The van der Waals surface area contributed by atoms with E-state index in [-0.39, 0.29) is 23.2 Å². The number of carbonyl (C=O) groups is 1. The average Bonchev–Trinajstić information content (AvgIpc) is 2.64. The fraction of sp³-hybridized carbons (Fsp3) is 0.0952. The van der Waals surface area contributed by atoms with Crippen molar-refractivity contribution in [3.05, 3.63) is 101 Å². The molecule has 3 aromatic carbocycles. The van der Waals surface area contributed by atoms with E-state index in [1.54, 1.807) is 48.5 Å². The van der Waals surface area contributed by atoms with Crippen molar-refractivity contribution in [3.8, 4) is 0 Å². The summed E-state index contributed by atoms with van der Waals surface area (Å²) < 4.78 is 37.6. The van der Waals surface area contributed by atoms with Gasteiger partial charge in [0, 0.05) is 11.3 Å². The molecule has 0 bridgehead atoms. The Morgan fingerprint density at radius 1 is 0.778 bits per heavy atom. The van der Waals surface area contributed by atoms with E-state index < -0.39 is 9.84 Å². The third-order valence-electron chi connectivity index (χ3n) is 3.93. The number of hydrogen-bond donors (Lipinski definition) is 1. The number of amides is 1. The van der Waals surface area contributed by atoms with E-state index in [9.17, 15) is 17.6 Å². The number of rotatable bonds is 6. The molecule has 0 aliphatic carbocycles. The first-order chi connectivity index (χ1) is 12.9. The van der Waals surface area contributed by atoms with Crippen LogP contribution in [-0.4, -0.2) is 14.3 Å². The van der Waals surface area contributed by atoms with E-state index in [1.165, 1.54) is 24.3 Å².